The van der Waals surface area contributed by atoms with Crippen molar-refractivity contribution in [1.29, 1.82) is 0 Å². The fraction of sp³-hybridized carbons (Fsp3) is 0.647. The van der Waals surface area contributed by atoms with E-state index in [4.69, 9.17) is 18.9 Å². The first-order chi connectivity index (χ1) is 11.0. The largest absolute Gasteiger partial charge is 0.501 e. The van der Waals surface area contributed by atoms with Crippen LogP contribution in [0.4, 0.5) is 0 Å². The lowest BCUT2D eigenvalue weighted by Crippen LogP contribution is -2.24. The molecule has 128 valence electrons. The molecule has 0 aliphatic heterocycles. The Labute approximate surface area is 136 Å². The van der Waals surface area contributed by atoms with E-state index in [1.54, 1.807) is 34.1 Å². The van der Waals surface area contributed by atoms with E-state index in [9.17, 15) is 9.59 Å². The number of rotatable bonds is 7. The minimum Gasteiger partial charge on any atom is -0.501 e. The number of hydrogen-bond donors (Lipinski definition) is 0. The quantitative estimate of drug-likeness (QED) is 0.526. The van der Waals surface area contributed by atoms with Crippen molar-refractivity contribution in [3.63, 3.8) is 0 Å². The summed E-state index contributed by atoms with van der Waals surface area (Å²) in [4.78, 5) is 23.6. The van der Waals surface area contributed by atoms with Gasteiger partial charge in [0.2, 0.25) is 0 Å². The van der Waals surface area contributed by atoms with Crippen molar-refractivity contribution in [2.75, 3.05) is 27.4 Å². The minimum atomic E-state index is -0.586. The van der Waals surface area contributed by atoms with E-state index in [2.05, 4.69) is 0 Å². The smallest absolute Gasteiger partial charge is 0.330 e. The lowest BCUT2D eigenvalue weighted by atomic mass is 9.93. The SMILES string of the molecule is CCOC(=O)/C=C/[C@@]1(OC)[C@@H]2C=C(OC)[C@@H](C(=O)OCC)C[C@@H]21. The summed E-state index contributed by atoms with van der Waals surface area (Å²) in [6.45, 7) is 4.19. The van der Waals surface area contributed by atoms with Crippen LogP contribution < -0.4 is 0 Å². The van der Waals surface area contributed by atoms with Crippen molar-refractivity contribution in [3.8, 4) is 0 Å². The summed E-state index contributed by atoms with van der Waals surface area (Å²) in [5.41, 5.74) is -0.586. The lowest BCUT2D eigenvalue weighted by Gasteiger charge is -2.20. The second-order valence-corrected chi connectivity index (χ2v) is 5.59. The zero-order chi connectivity index (χ0) is 17.0. The third-order valence-corrected chi connectivity index (χ3v) is 4.53. The van der Waals surface area contributed by atoms with Crippen LogP contribution >= 0.6 is 0 Å². The van der Waals surface area contributed by atoms with Crippen LogP contribution in [-0.4, -0.2) is 45.0 Å². The van der Waals surface area contributed by atoms with Gasteiger partial charge in [0.1, 0.15) is 11.7 Å². The highest BCUT2D eigenvalue weighted by Crippen LogP contribution is 2.61. The topological polar surface area (TPSA) is 71.1 Å². The molecule has 0 unspecified atom stereocenters. The molecule has 0 heterocycles. The summed E-state index contributed by atoms with van der Waals surface area (Å²) < 4.78 is 21.0. The Kier molecular flexibility index (Phi) is 5.46. The predicted octanol–water partition coefficient (Wildman–Crippen LogP) is 1.85. The number of methoxy groups -OCH3 is 2. The average molecular weight is 324 g/mol. The van der Waals surface area contributed by atoms with E-state index < -0.39 is 17.5 Å². The monoisotopic (exact) mass is 324 g/mol. The van der Waals surface area contributed by atoms with Crippen LogP contribution in [0.1, 0.15) is 20.3 Å². The molecule has 23 heavy (non-hydrogen) atoms. The van der Waals surface area contributed by atoms with Crippen LogP contribution in [0.3, 0.4) is 0 Å². The Morgan fingerprint density at radius 2 is 1.96 bits per heavy atom. The molecule has 1 saturated carbocycles. The summed E-state index contributed by atoms with van der Waals surface area (Å²) >= 11 is 0. The molecule has 0 saturated heterocycles. The number of fused-ring (bicyclic) bond motifs is 1. The molecule has 2 rings (SSSR count). The van der Waals surface area contributed by atoms with Crippen LogP contribution in [0.2, 0.25) is 0 Å². The molecule has 4 atom stereocenters. The summed E-state index contributed by atoms with van der Waals surface area (Å²) in [5, 5.41) is 0. The van der Waals surface area contributed by atoms with Gasteiger partial charge in [-0.2, -0.15) is 0 Å². The molecule has 0 amide bonds. The maximum atomic E-state index is 12.1. The third kappa shape index (κ3) is 3.27. The van der Waals surface area contributed by atoms with Gasteiger partial charge in [-0.3, -0.25) is 4.79 Å². The summed E-state index contributed by atoms with van der Waals surface area (Å²) in [7, 11) is 3.15. The number of carbonyl (C=O) groups excluding carboxylic acids is 2. The van der Waals surface area contributed by atoms with Crippen molar-refractivity contribution < 1.29 is 28.5 Å². The molecule has 0 bridgehead atoms. The average Bonchev–Trinajstić information content (AvgIpc) is 3.19. The first kappa shape index (κ1) is 17.5. The highest BCUT2D eigenvalue weighted by Gasteiger charge is 2.66. The highest BCUT2D eigenvalue weighted by atomic mass is 16.5. The number of esters is 2. The number of hydrogen-bond acceptors (Lipinski definition) is 6. The van der Waals surface area contributed by atoms with Crippen molar-refractivity contribution in [1.82, 2.24) is 0 Å². The van der Waals surface area contributed by atoms with E-state index in [1.807, 2.05) is 6.08 Å². The van der Waals surface area contributed by atoms with Crippen LogP contribution in [0.25, 0.3) is 0 Å². The molecule has 2 aliphatic carbocycles. The first-order valence-electron chi connectivity index (χ1n) is 7.87. The van der Waals surface area contributed by atoms with Gasteiger partial charge < -0.3 is 18.9 Å². The van der Waals surface area contributed by atoms with Crippen LogP contribution in [0.15, 0.2) is 24.0 Å². The van der Waals surface area contributed by atoms with Gasteiger partial charge in [0.15, 0.2) is 0 Å². The molecule has 2 aliphatic rings. The van der Waals surface area contributed by atoms with Gasteiger partial charge in [0.05, 0.1) is 25.9 Å². The molecular weight excluding hydrogens is 300 g/mol. The van der Waals surface area contributed by atoms with E-state index in [0.717, 1.165) is 0 Å². The van der Waals surface area contributed by atoms with Crippen LogP contribution in [0, 0.1) is 17.8 Å². The molecular formula is C17H24O6. The van der Waals surface area contributed by atoms with Crippen LogP contribution in [0.5, 0.6) is 0 Å². The third-order valence-electron chi connectivity index (χ3n) is 4.53. The van der Waals surface area contributed by atoms with Gasteiger partial charge in [0.25, 0.3) is 0 Å². The van der Waals surface area contributed by atoms with Crippen molar-refractivity contribution >= 4 is 11.9 Å². The minimum absolute atomic E-state index is 0.0822. The van der Waals surface area contributed by atoms with E-state index in [0.29, 0.717) is 25.4 Å². The van der Waals surface area contributed by atoms with Gasteiger partial charge in [0, 0.05) is 25.0 Å². The Hall–Kier alpha value is -1.82. The zero-order valence-corrected chi connectivity index (χ0v) is 14.0. The molecule has 0 radical (unpaired) electrons. The molecule has 0 spiro atoms. The molecule has 0 aromatic heterocycles. The number of ether oxygens (including phenoxy) is 4. The standard InChI is InChI=1S/C17H24O6/c1-5-22-15(18)7-8-17(21-4)12-9-11(16(19)23-6-2)14(20-3)10-13(12)17/h7-8,10-13H,5-6,9H2,1-4H3/b8-7+/t11-,12-,13+,17-/m0/s1. The van der Waals surface area contributed by atoms with E-state index in [-0.39, 0.29) is 17.8 Å². The van der Waals surface area contributed by atoms with Gasteiger partial charge in [-0.25, -0.2) is 4.79 Å². The zero-order valence-electron chi connectivity index (χ0n) is 14.0. The van der Waals surface area contributed by atoms with Gasteiger partial charge >= 0.3 is 11.9 Å². The normalized spacial score (nSPS) is 32.0. The Morgan fingerprint density at radius 3 is 2.52 bits per heavy atom. The highest BCUT2D eigenvalue weighted by molar-refractivity contribution is 5.82. The fourth-order valence-electron chi connectivity index (χ4n) is 3.37. The van der Waals surface area contributed by atoms with Crippen molar-refractivity contribution in [3.05, 3.63) is 24.0 Å². The fourth-order valence-corrected chi connectivity index (χ4v) is 3.37. The Balaban J connectivity index is 2.16. The van der Waals surface area contributed by atoms with Crippen LogP contribution in [-0.2, 0) is 28.5 Å². The Bertz CT molecular complexity index is 523. The van der Waals surface area contributed by atoms with Gasteiger partial charge in [-0.15, -0.1) is 0 Å². The van der Waals surface area contributed by atoms with E-state index in [1.165, 1.54) is 6.08 Å². The molecule has 0 aromatic rings. The molecule has 1 fully saturated rings. The lowest BCUT2D eigenvalue weighted by molar-refractivity contribution is -0.148. The summed E-state index contributed by atoms with van der Waals surface area (Å²) in [6.07, 6.45) is 5.61. The summed E-state index contributed by atoms with van der Waals surface area (Å²) in [6, 6.07) is 0. The van der Waals surface area contributed by atoms with Gasteiger partial charge in [-0.05, 0) is 32.4 Å². The number of carbonyl (C=O) groups is 2. The summed E-state index contributed by atoms with van der Waals surface area (Å²) in [5.74, 6) is -0.302. The molecule has 0 N–H and O–H groups in total. The molecule has 6 nitrogen and oxygen atoms in total. The van der Waals surface area contributed by atoms with Crippen molar-refractivity contribution in [2.45, 2.75) is 25.9 Å². The maximum absolute atomic E-state index is 12.1. The molecule has 0 aromatic carbocycles. The van der Waals surface area contributed by atoms with E-state index >= 15 is 0 Å². The Morgan fingerprint density at radius 1 is 1.26 bits per heavy atom. The first-order valence-corrected chi connectivity index (χ1v) is 7.87. The second kappa shape index (κ2) is 7.17. The van der Waals surface area contributed by atoms with Gasteiger partial charge in [-0.1, -0.05) is 0 Å². The van der Waals surface area contributed by atoms with Crippen molar-refractivity contribution in [2.24, 2.45) is 17.8 Å². The second-order valence-electron chi connectivity index (χ2n) is 5.59. The molecule has 6 heteroatoms. The predicted molar refractivity (Wildman–Crippen MR) is 82.3 cm³/mol. The maximum Gasteiger partial charge on any atom is 0.330 e.